The number of nitrogens with zero attached hydrogens (tertiary/aromatic N) is 2. The lowest BCUT2D eigenvalue weighted by atomic mass is 10.00. The van der Waals surface area contributed by atoms with Gasteiger partial charge in [-0.3, -0.25) is 4.40 Å². The Hall–Kier alpha value is -3.47. The van der Waals surface area contributed by atoms with Crippen molar-refractivity contribution in [2.75, 3.05) is 18.5 Å². The van der Waals surface area contributed by atoms with E-state index in [9.17, 15) is 0 Å². The van der Waals surface area contributed by atoms with Crippen LogP contribution in [-0.2, 0) is 6.54 Å². The number of nitrogens with one attached hydrogen (secondary N) is 1. The average molecular weight is 385 g/mol. The minimum absolute atomic E-state index is 0.591. The first-order valence-corrected chi connectivity index (χ1v) is 9.87. The fourth-order valence-electron chi connectivity index (χ4n) is 3.91. The van der Waals surface area contributed by atoms with E-state index in [0.717, 1.165) is 34.2 Å². The van der Waals surface area contributed by atoms with Crippen LogP contribution in [0.1, 0.15) is 16.7 Å². The maximum Gasteiger partial charge on any atom is 0.161 e. The maximum absolute atomic E-state index is 5.73. The Morgan fingerprint density at radius 3 is 2.55 bits per heavy atom. The van der Waals surface area contributed by atoms with Gasteiger partial charge in [0.05, 0.1) is 0 Å². The van der Waals surface area contributed by atoms with E-state index in [1.807, 2.05) is 36.5 Å². The van der Waals surface area contributed by atoms with Gasteiger partial charge in [-0.2, -0.15) is 0 Å². The third kappa shape index (κ3) is 3.18. The minimum atomic E-state index is 0.591. The zero-order valence-electron chi connectivity index (χ0n) is 16.6. The molecule has 2 aromatic carbocycles. The smallest absolute Gasteiger partial charge is 0.161 e. The van der Waals surface area contributed by atoms with Crippen LogP contribution in [0.5, 0.6) is 11.5 Å². The number of anilines is 1. The van der Waals surface area contributed by atoms with E-state index in [0.29, 0.717) is 19.8 Å². The lowest BCUT2D eigenvalue weighted by molar-refractivity contribution is 0.171. The lowest BCUT2D eigenvalue weighted by Gasteiger charge is -2.19. The SMILES string of the molecule is Cc1cccc(C)c1-c1nc2ccccn2c1NCc1ccc2c(c1)OCCO2. The van der Waals surface area contributed by atoms with Crippen molar-refractivity contribution in [1.29, 1.82) is 0 Å². The molecule has 0 unspecified atom stereocenters. The van der Waals surface area contributed by atoms with Crippen LogP contribution in [0.15, 0.2) is 60.8 Å². The van der Waals surface area contributed by atoms with E-state index in [-0.39, 0.29) is 0 Å². The molecule has 0 saturated heterocycles. The van der Waals surface area contributed by atoms with Gasteiger partial charge in [-0.25, -0.2) is 4.98 Å². The molecule has 0 radical (unpaired) electrons. The molecule has 5 nitrogen and oxygen atoms in total. The summed E-state index contributed by atoms with van der Waals surface area (Å²) >= 11 is 0. The summed E-state index contributed by atoms with van der Waals surface area (Å²) in [5, 5.41) is 3.62. The quantitative estimate of drug-likeness (QED) is 0.537. The predicted molar refractivity (Wildman–Crippen MR) is 115 cm³/mol. The third-order valence-electron chi connectivity index (χ3n) is 5.31. The first-order chi connectivity index (χ1) is 14.2. The monoisotopic (exact) mass is 385 g/mol. The molecule has 0 saturated carbocycles. The van der Waals surface area contributed by atoms with Crippen LogP contribution < -0.4 is 14.8 Å². The first-order valence-electron chi connectivity index (χ1n) is 9.87. The van der Waals surface area contributed by atoms with Crippen LogP contribution in [0, 0.1) is 13.8 Å². The van der Waals surface area contributed by atoms with Gasteiger partial charge in [-0.15, -0.1) is 0 Å². The number of aromatic nitrogens is 2. The second kappa shape index (κ2) is 7.17. The molecular weight excluding hydrogens is 362 g/mol. The standard InChI is InChI=1S/C24H23N3O2/c1-16-6-5-7-17(2)22(16)23-24(27-11-4-3-8-21(27)26-23)25-15-18-9-10-19-20(14-18)29-13-12-28-19/h3-11,14,25H,12-13,15H2,1-2H3. The van der Waals surface area contributed by atoms with Gasteiger partial charge in [0.1, 0.15) is 30.4 Å². The molecule has 5 rings (SSSR count). The lowest BCUT2D eigenvalue weighted by Crippen LogP contribution is -2.15. The number of rotatable bonds is 4. The van der Waals surface area contributed by atoms with Crippen molar-refractivity contribution >= 4 is 11.5 Å². The first kappa shape index (κ1) is 17.6. The molecule has 0 bridgehead atoms. The third-order valence-corrected chi connectivity index (χ3v) is 5.31. The number of hydrogen-bond donors (Lipinski definition) is 1. The number of hydrogen-bond acceptors (Lipinski definition) is 4. The van der Waals surface area contributed by atoms with E-state index in [4.69, 9.17) is 14.5 Å². The Bertz CT molecular complexity index is 1180. The Morgan fingerprint density at radius 2 is 1.72 bits per heavy atom. The second-order valence-electron chi connectivity index (χ2n) is 7.34. The van der Waals surface area contributed by atoms with Crippen molar-refractivity contribution in [1.82, 2.24) is 9.38 Å². The molecule has 1 N–H and O–H groups in total. The Kier molecular flexibility index (Phi) is 4.35. The topological polar surface area (TPSA) is 47.8 Å². The highest BCUT2D eigenvalue weighted by Gasteiger charge is 2.18. The highest BCUT2D eigenvalue weighted by atomic mass is 16.6. The van der Waals surface area contributed by atoms with E-state index in [1.165, 1.54) is 16.7 Å². The van der Waals surface area contributed by atoms with Gasteiger partial charge in [0, 0.05) is 18.3 Å². The Labute approximate surface area is 169 Å². The Morgan fingerprint density at radius 1 is 0.931 bits per heavy atom. The van der Waals surface area contributed by atoms with Gasteiger partial charge in [-0.05, 0) is 54.8 Å². The van der Waals surface area contributed by atoms with Crippen molar-refractivity contribution in [3.8, 4) is 22.8 Å². The normalized spacial score (nSPS) is 12.9. The van der Waals surface area contributed by atoms with Crippen molar-refractivity contribution in [3.63, 3.8) is 0 Å². The fourth-order valence-corrected chi connectivity index (χ4v) is 3.91. The van der Waals surface area contributed by atoms with E-state index in [2.05, 4.69) is 47.8 Å². The molecule has 3 heterocycles. The molecule has 0 amide bonds. The highest BCUT2D eigenvalue weighted by Crippen LogP contribution is 2.35. The summed E-state index contributed by atoms with van der Waals surface area (Å²) in [6, 6.07) is 18.5. The number of fused-ring (bicyclic) bond motifs is 2. The van der Waals surface area contributed by atoms with Gasteiger partial charge in [0.25, 0.3) is 0 Å². The van der Waals surface area contributed by atoms with Crippen molar-refractivity contribution in [2.45, 2.75) is 20.4 Å². The highest BCUT2D eigenvalue weighted by molar-refractivity contribution is 5.80. The molecule has 0 fully saturated rings. The van der Waals surface area contributed by atoms with E-state index < -0.39 is 0 Å². The van der Waals surface area contributed by atoms with Gasteiger partial charge < -0.3 is 14.8 Å². The Balaban J connectivity index is 1.54. The molecule has 5 heteroatoms. The number of benzene rings is 2. The van der Waals surface area contributed by atoms with Gasteiger partial charge in [-0.1, -0.05) is 30.3 Å². The number of pyridine rings is 1. The molecule has 2 aromatic heterocycles. The summed E-state index contributed by atoms with van der Waals surface area (Å²) in [5.41, 5.74) is 6.65. The van der Waals surface area contributed by atoms with Crippen molar-refractivity contribution in [2.24, 2.45) is 0 Å². The number of ether oxygens (including phenoxy) is 2. The largest absolute Gasteiger partial charge is 0.486 e. The molecule has 29 heavy (non-hydrogen) atoms. The van der Waals surface area contributed by atoms with Crippen LogP contribution in [0.25, 0.3) is 16.9 Å². The van der Waals surface area contributed by atoms with E-state index in [1.54, 1.807) is 0 Å². The molecule has 1 aliphatic heterocycles. The molecule has 146 valence electrons. The minimum Gasteiger partial charge on any atom is -0.486 e. The van der Waals surface area contributed by atoms with Crippen molar-refractivity contribution in [3.05, 3.63) is 77.5 Å². The number of imidazole rings is 1. The van der Waals surface area contributed by atoms with Crippen LogP contribution in [0.2, 0.25) is 0 Å². The number of aryl methyl sites for hydroxylation is 2. The summed E-state index contributed by atoms with van der Waals surface area (Å²) < 4.78 is 13.5. The molecular formula is C24H23N3O2. The molecule has 1 aliphatic rings. The summed E-state index contributed by atoms with van der Waals surface area (Å²) in [4.78, 5) is 4.94. The van der Waals surface area contributed by atoms with Gasteiger partial charge in [0.15, 0.2) is 11.5 Å². The predicted octanol–water partition coefficient (Wildman–Crippen LogP) is 5.00. The van der Waals surface area contributed by atoms with Crippen LogP contribution in [0.4, 0.5) is 5.82 Å². The molecule has 0 atom stereocenters. The van der Waals surface area contributed by atoms with Gasteiger partial charge in [0.2, 0.25) is 0 Å². The van der Waals surface area contributed by atoms with Crippen molar-refractivity contribution < 1.29 is 9.47 Å². The fraction of sp³-hybridized carbons (Fsp3) is 0.208. The summed E-state index contributed by atoms with van der Waals surface area (Å²) in [6.07, 6.45) is 2.05. The summed E-state index contributed by atoms with van der Waals surface area (Å²) in [6.45, 7) is 6.13. The molecule has 0 spiro atoms. The zero-order valence-corrected chi connectivity index (χ0v) is 16.6. The van der Waals surface area contributed by atoms with E-state index >= 15 is 0 Å². The summed E-state index contributed by atoms with van der Waals surface area (Å²) in [7, 11) is 0. The molecule has 0 aliphatic carbocycles. The maximum atomic E-state index is 5.73. The van der Waals surface area contributed by atoms with Crippen LogP contribution >= 0.6 is 0 Å². The van der Waals surface area contributed by atoms with Crippen LogP contribution in [-0.4, -0.2) is 22.6 Å². The van der Waals surface area contributed by atoms with Crippen LogP contribution in [0.3, 0.4) is 0 Å². The summed E-state index contributed by atoms with van der Waals surface area (Å²) in [5.74, 6) is 2.61. The molecule has 4 aromatic rings. The second-order valence-corrected chi connectivity index (χ2v) is 7.34. The average Bonchev–Trinajstić information content (AvgIpc) is 3.10. The van der Waals surface area contributed by atoms with Gasteiger partial charge >= 0.3 is 0 Å². The zero-order chi connectivity index (χ0) is 19.8.